The van der Waals surface area contributed by atoms with Crippen molar-refractivity contribution in [1.29, 1.82) is 0 Å². The second kappa shape index (κ2) is 4.14. The maximum atomic E-state index is 5.59. The minimum atomic E-state index is 0.0324. The third kappa shape index (κ3) is 1.81. The summed E-state index contributed by atoms with van der Waals surface area (Å²) >= 11 is 1.67. The van der Waals surface area contributed by atoms with Crippen LogP contribution in [0.3, 0.4) is 0 Å². The summed E-state index contributed by atoms with van der Waals surface area (Å²) < 4.78 is 1.85. The van der Waals surface area contributed by atoms with Crippen molar-refractivity contribution in [2.45, 2.75) is 13.0 Å². The summed E-state index contributed by atoms with van der Waals surface area (Å²) in [5.41, 5.74) is 6.26. The Labute approximate surface area is 92.7 Å². The zero-order valence-corrected chi connectivity index (χ0v) is 9.58. The van der Waals surface area contributed by atoms with E-state index >= 15 is 0 Å². The van der Waals surface area contributed by atoms with Crippen LogP contribution in [0.5, 0.6) is 0 Å². The summed E-state index contributed by atoms with van der Waals surface area (Å²) in [5.74, 6) is 5.59. The van der Waals surface area contributed by atoms with Gasteiger partial charge in [0.1, 0.15) is 0 Å². The molecule has 0 aromatic carbocycles. The van der Waals surface area contributed by atoms with Gasteiger partial charge in [-0.2, -0.15) is 16.4 Å². The van der Waals surface area contributed by atoms with Gasteiger partial charge in [-0.05, 0) is 29.3 Å². The SMILES string of the molecule is Cc1c(C(NN)c2ccsc2)cnn1C. The average Bonchev–Trinajstić information content (AvgIpc) is 2.84. The topological polar surface area (TPSA) is 55.9 Å². The van der Waals surface area contributed by atoms with Gasteiger partial charge in [0.15, 0.2) is 0 Å². The first-order valence-electron chi connectivity index (χ1n) is 4.70. The molecule has 0 saturated heterocycles. The van der Waals surface area contributed by atoms with E-state index < -0.39 is 0 Å². The Hall–Kier alpha value is -1.17. The number of hydrogen-bond donors (Lipinski definition) is 2. The lowest BCUT2D eigenvalue weighted by atomic mass is 10.0. The number of hydrogen-bond acceptors (Lipinski definition) is 4. The molecule has 0 amide bonds. The molecule has 0 spiro atoms. The highest BCUT2D eigenvalue weighted by Gasteiger charge is 2.17. The van der Waals surface area contributed by atoms with Gasteiger partial charge in [0.25, 0.3) is 0 Å². The molecule has 4 nitrogen and oxygen atoms in total. The molecule has 0 fully saturated rings. The van der Waals surface area contributed by atoms with Crippen LogP contribution in [0, 0.1) is 6.92 Å². The fourth-order valence-corrected chi connectivity index (χ4v) is 2.29. The fraction of sp³-hybridized carbons (Fsp3) is 0.300. The van der Waals surface area contributed by atoms with Crippen molar-refractivity contribution in [3.8, 4) is 0 Å². The molecule has 2 aromatic rings. The van der Waals surface area contributed by atoms with Crippen molar-refractivity contribution in [1.82, 2.24) is 15.2 Å². The summed E-state index contributed by atoms with van der Waals surface area (Å²) in [4.78, 5) is 0. The van der Waals surface area contributed by atoms with E-state index in [2.05, 4.69) is 22.0 Å². The highest BCUT2D eigenvalue weighted by molar-refractivity contribution is 7.08. The van der Waals surface area contributed by atoms with Crippen LogP contribution in [0.4, 0.5) is 0 Å². The van der Waals surface area contributed by atoms with Gasteiger partial charge in [-0.1, -0.05) is 0 Å². The van der Waals surface area contributed by atoms with Crippen LogP contribution in [0.2, 0.25) is 0 Å². The van der Waals surface area contributed by atoms with Crippen LogP contribution in [0.25, 0.3) is 0 Å². The van der Waals surface area contributed by atoms with Gasteiger partial charge in [-0.25, -0.2) is 5.43 Å². The van der Waals surface area contributed by atoms with Gasteiger partial charge in [0, 0.05) is 18.3 Å². The van der Waals surface area contributed by atoms with Crippen LogP contribution in [-0.4, -0.2) is 9.78 Å². The number of aryl methyl sites for hydroxylation is 1. The van der Waals surface area contributed by atoms with E-state index in [1.807, 2.05) is 30.2 Å². The number of nitrogens with zero attached hydrogens (tertiary/aromatic N) is 2. The van der Waals surface area contributed by atoms with Gasteiger partial charge < -0.3 is 0 Å². The molecule has 1 unspecified atom stereocenters. The molecular formula is C10H14N4S. The molecule has 0 aliphatic rings. The van der Waals surface area contributed by atoms with E-state index in [0.717, 1.165) is 11.3 Å². The lowest BCUT2D eigenvalue weighted by molar-refractivity contribution is 0.632. The predicted octanol–water partition coefficient (Wildman–Crippen LogP) is 1.34. The Balaban J connectivity index is 2.40. The third-order valence-corrected chi connectivity index (χ3v) is 3.33. The highest BCUT2D eigenvalue weighted by atomic mass is 32.1. The van der Waals surface area contributed by atoms with Crippen LogP contribution >= 0.6 is 11.3 Å². The standard InChI is InChI=1S/C10H14N4S/c1-7-9(5-12-14(7)2)10(13-11)8-3-4-15-6-8/h3-6,10,13H,11H2,1-2H3. The second-order valence-electron chi connectivity index (χ2n) is 3.47. The van der Waals surface area contributed by atoms with Crippen LogP contribution < -0.4 is 11.3 Å². The smallest absolute Gasteiger partial charge is 0.0751 e. The van der Waals surface area contributed by atoms with Crippen molar-refractivity contribution in [2.24, 2.45) is 12.9 Å². The van der Waals surface area contributed by atoms with E-state index in [1.165, 1.54) is 5.56 Å². The maximum Gasteiger partial charge on any atom is 0.0751 e. The van der Waals surface area contributed by atoms with Crippen molar-refractivity contribution in [3.05, 3.63) is 39.8 Å². The van der Waals surface area contributed by atoms with Gasteiger partial charge in [-0.3, -0.25) is 10.5 Å². The molecule has 2 heterocycles. The van der Waals surface area contributed by atoms with Crippen LogP contribution in [0.15, 0.2) is 23.0 Å². The number of nitrogens with one attached hydrogen (secondary N) is 1. The zero-order valence-electron chi connectivity index (χ0n) is 8.77. The second-order valence-corrected chi connectivity index (χ2v) is 4.25. The van der Waals surface area contributed by atoms with E-state index in [1.54, 1.807) is 11.3 Å². The Morgan fingerprint density at radius 2 is 2.40 bits per heavy atom. The minimum absolute atomic E-state index is 0.0324. The Morgan fingerprint density at radius 3 is 2.87 bits per heavy atom. The molecule has 2 rings (SSSR count). The van der Waals surface area contributed by atoms with E-state index in [-0.39, 0.29) is 6.04 Å². The molecule has 0 saturated carbocycles. The van der Waals surface area contributed by atoms with Gasteiger partial charge in [0.05, 0.1) is 12.2 Å². The first-order chi connectivity index (χ1) is 7.24. The molecule has 5 heteroatoms. The fourth-order valence-electron chi connectivity index (χ4n) is 1.60. The van der Waals surface area contributed by atoms with Gasteiger partial charge in [-0.15, -0.1) is 0 Å². The predicted molar refractivity (Wildman–Crippen MR) is 61.4 cm³/mol. The van der Waals surface area contributed by atoms with E-state index in [9.17, 15) is 0 Å². The van der Waals surface area contributed by atoms with E-state index in [4.69, 9.17) is 5.84 Å². The van der Waals surface area contributed by atoms with Crippen molar-refractivity contribution < 1.29 is 0 Å². The number of hydrazine groups is 1. The minimum Gasteiger partial charge on any atom is -0.273 e. The van der Waals surface area contributed by atoms with Gasteiger partial charge in [0.2, 0.25) is 0 Å². The zero-order chi connectivity index (χ0) is 10.8. The van der Waals surface area contributed by atoms with Crippen molar-refractivity contribution in [2.75, 3.05) is 0 Å². The summed E-state index contributed by atoms with van der Waals surface area (Å²) in [6.45, 7) is 2.04. The number of rotatable bonds is 3. The number of nitrogens with two attached hydrogens (primary N) is 1. The molecule has 0 radical (unpaired) electrons. The lowest BCUT2D eigenvalue weighted by Crippen LogP contribution is -2.28. The van der Waals surface area contributed by atoms with Crippen LogP contribution in [0.1, 0.15) is 22.9 Å². The normalized spacial score (nSPS) is 13.0. The lowest BCUT2D eigenvalue weighted by Gasteiger charge is -2.14. The number of thiophene rings is 1. The third-order valence-electron chi connectivity index (χ3n) is 2.63. The Morgan fingerprint density at radius 1 is 1.60 bits per heavy atom. The molecule has 2 aromatic heterocycles. The molecular weight excluding hydrogens is 208 g/mol. The molecule has 3 N–H and O–H groups in total. The summed E-state index contributed by atoms with van der Waals surface area (Å²) in [6.07, 6.45) is 1.86. The van der Waals surface area contributed by atoms with E-state index in [0.29, 0.717) is 0 Å². The molecule has 80 valence electrons. The first-order valence-corrected chi connectivity index (χ1v) is 5.65. The van der Waals surface area contributed by atoms with Crippen LogP contribution in [-0.2, 0) is 7.05 Å². The van der Waals surface area contributed by atoms with Crippen molar-refractivity contribution in [3.63, 3.8) is 0 Å². The quantitative estimate of drug-likeness (QED) is 0.608. The average molecular weight is 222 g/mol. The molecule has 0 aliphatic carbocycles. The Bertz CT molecular complexity index is 432. The largest absolute Gasteiger partial charge is 0.273 e. The summed E-state index contributed by atoms with van der Waals surface area (Å²) in [5, 5.41) is 8.36. The summed E-state index contributed by atoms with van der Waals surface area (Å²) in [7, 11) is 1.93. The molecule has 1 atom stereocenters. The van der Waals surface area contributed by atoms with Crippen molar-refractivity contribution >= 4 is 11.3 Å². The maximum absolute atomic E-state index is 5.59. The number of aromatic nitrogens is 2. The first kappa shape index (κ1) is 10.4. The molecule has 15 heavy (non-hydrogen) atoms. The monoisotopic (exact) mass is 222 g/mol. The molecule has 0 bridgehead atoms. The highest BCUT2D eigenvalue weighted by Crippen LogP contribution is 2.25. The summed E-state index contributed by atoms with van der Waals surface area (Å²) in [6, 6.07) is 2.10. The Kier molecular flexibility index (Phi) is 2.86. The molecule has 0 aliphatic heterocycles. The van der Waals surface area contributed by atoms with Gasteiger partial charge >= 0.3 is 0 Å².